The summed E-state index contributed by atoms with van der Waals surface area (Å²) in [6.07, 6.45) is 0. The zero-order valence-electron chi connectivity index (χ0n) is 14.4. The molecule has 0 aliphatic rings. The molecule has 3 rings (SSSR count). The summed E-state index contributed by atoms with van der Waals surface area (Å²) in [4.78, 5) is 17.2. The number of esters is 1. The monoisotopic (exact) mass is 353 g/mol. The summed E-state index contributed by atoms with van der Waals surface area (Å²) < 4.78 is 10.8. The quantitative estimate of drug-likeness (QED) is 0.619. The van der Waals surface area contributed by atoms with E-state index in [2.05, 4.69) is 4.98 Å². The van der Waals surface area contributed by atoms with Crippen LogP contribution in [-0.2, 0) is 11.3 Å². The van der Waals surface area contributed by atoms with E-state index in [9.17, 15) is 4.79 Å². The van der Waals surface area contributed by atoms with Crippen molar-refractivity contribution in [2.45, 2.75) is 20.5 Å². The Balaban J connectivity index is 1.90. The minimum absolute atomic E-state index is 0.220. The summed E-state index contributed by atoms with van der Waals surface area (Å²) >= 11 is 1.32. The van der Waals surface area contributed by atoms with Gasteiger partial charge in [0.25, 0.3) is 0 Å². The number of aromatic nitrogens is 1. The summed E-state index contributed by atoms with van der Waals surface area (Å²) in [5.41, 5.74) is 3.73. The van der Waals surface area contributed by atoms with Gasteiger partial charge < -0.3 is 9.47 Å². The first-order chi connectivity index (χ1) is 12.1. The summed E-state index contributed by atoms with van der Waals surface area (Å²) in [6.45, 7) is 4.23. The summed E-state index contributed by atoms with van der Waals surface area (Å²) in [7, 11) is 1.37. The number of rotatable bonds is 5. The van der Waals surface area contributed by atoms with E-state index in [4.69, 9.17) is 9.47 Å². The van der Waals surface area contributed by atoms with Gasteiger partial charge in [-0.3, -0.25) is 0 Å². The molecule has 2 aromatic carbocycles. The Morgan fingerprint density at radius 1 is 1.12 bits per heavy atom. The van der Waals surface area contributed by atoms with Crippen LogP contribution in [0.5, 0.6) is 5.75 Å². The summed E-state index contributed by atoms with van der Waals surface area (Å²) in [5, 5.41) is 0.778. The smallest absolute Gasteiger partial charge is 0.350 e. The molecule has 0 N–H and O–H groups in total. The van der Waals surface area contributed by atoms with Gasteiger partial charge in [-0.1, -0.05) is 42.5 Å². The van der Waals surface area contributed by atoms with Gasteiger partial charge in [-0.25, -0.2) is 9.78 Å². The van der Waals surface area contributed by atoms with Gasteiger partial charge in [0.1, 0.15) is 27.9 Å². The number of aryl methyl sites for hydroxylation is 2. The van der Waals surface area contributed by atoms with Crippen LogP contribution in [0, 0.1) is 13.8 Å². The molecule has 0 bridgehead atoms. The molecule has 1 aromatic heterocycles. The highest BCUT2D eigenvalue weighted by atomic mass is 32.1. The van der Waals surface area contributed by atoms with Crippen LogP contribution in [-0.4, -0.2) is 18.1 Å². The lowest BCUT2D eigenvalue weighted by Crippen LogP contribution is -2.06. The van der Waals surface area contributed by atoms with E-state index >= 15 is 0 Å². The fraction of sp³-hybridized carbons (Fsp3) is 0.200. The van der Waals surface area contributed by atoms with E-state index in [1.807, 2.05) is 62.4 Å². The number of thiazole rings is 1. The van der Waals surface area contributed by atoms with Gasteiger partial charge in [0, 0.05) is 5.56 Å². The molecule has 3 aromatic rings. The summed E-state index contributed by atoms with van der Waals surface area (Å²) in [6, 6.07) is 15.8. The highest BCUT2D eigenvalue weighted by Gasteiger charge is 2.20. The third-order valence-corrected chi connectivity index (χ3v) is 4.92. The molecule has 4 nitrogen and oxygen atoms in total. The van der Waals surface area contributed by atoms with Crippen LogP contribution in [0.25, 0.3) is 10.6 Å². The van der Waals surface area contributed by atoms with Crippen LogP contribution in [0.2, 0.25) is 0 Å². The van der Waals surface area contributed by atoms with Crippen molar-refractivity contribution in [1.29, 1.82) is 0 Å². The molecule has 0 unspecified atom stereocenters. The number of nitrogens with zero attached hydrogens (tertiary/aromatic N) is 1. The first kappa shape index (κ1) is 17.2. The molecule has 5 heteroatoms. The summed E-state index contributed by atoms with van der Waals surface area (Å²) in [5.74, 6) is 0.407. The Bertz CT molecular complexity index is 887. The second kappa shape index (κ2) is 7.49. The van der Waals surface area contributed by atoms with Gasteiger partial charge >= 0.3 is 5.97 Å². The molecular weight excluding hydrogens is 334 g/mol. The number of methoxy groups -OCH3 is 1. The topological polar surface area (TPSA) is 48.4 Å². The number of carbonyl (C=O) groups excluding carboxylic acids is 1. The lowest BCUT2D eigenvalue weighted by Gasteiger charge is -2.09. The molecule has 0 aliphatic heterocycles. The SMILES string of the molecule is COC(=O)c1sc(-c2ccccc2)nc1COc1cc(C)ccc1C. The second-order valence-corrected chi connectivity index (χ2v) is 6.71. The highest BCUT2D eigenvalue weighted by Crippen LogP contribution is 2.30. The van der Waals surface area contributed by atoms with E-state index in [0.29, 0.717) is 10.6 Å². The van der Waals surface area contributed by atoms with Crippen LogP contribution < -0.4 is 4.74 Å². The predicted molar refractivity (Wildman–Crippen MR) is 99.1 cm³/mol. The number of carbonyl (C=O) groups is 1. The van der Waals surface area contributed by atoms with Crippen molar-refractivity contribution >= 4 is 17.3 Å². The van der Waals surface area contributed by atoms with Crippen LogP contribution in [0.4, 0.5) is 0 Å². The fourth-order valence-corrected chi connectivity index (χ4v) is 3.41. The molecule has 0 saturated heterocycles. The molecule has 0 saturated carbocycles. The molecule has 0 fully saturated rings. The van der Waals surface area contributed by atoms with Gasteiger partial charge in [-0.2, -0.15) is 0 Å². The Hall–Kier alpha value is -2.66. The molecule has 128 valence electrons. The van der Waals surface area contributed by atoms with Crippen LogP contribution >= 0.6 is 11.3 Å². The highest BCUT2D eigenvalue weighted by molar-refractivity contribution is 7.17. The average molecular weight is 353 g/mol. The van der Waals surface area contributed by atoms with Crippen LogP contribution in [0.3, 0.4) is 0 Å². The van der Waals surface area contributed by atoms with E-state index in [0.717, 1.165) is 27.4 Å². The van der Waals surface area contributed by atoms with Gasteiger partial charge in [-0.15, -0.1) is 11.3 Å². The third kappa shape index (κ3) is 3.88. The van der Waals surface area contributed by atoms with Crippen molar-refractivity contribution in [3.8, 4) is 16.3 Å². The van der Waals surface area contributed by atoms with Crippen molar-refractivity contribution in [2.75, 3.05) is 7.11 Å². The number of benzene rings is 2. The fourth-order valence-electron chi connectivity index (χ4n) is 2.41. The zero-order valence-corrected chi connectivity index (χ0v) is 15.2. The second-order valence-electron chi connectivity index (χ2n) is 5.71. The Morgan fingerprint density at radius 3 is 2.60 bits per heavy atom. The van der Waals surface area contributed by atoms with Gasteiger partial charge in [0.15, 0.2) is 0 Å². The van der Waals surface area contributed by atoms with E-state index in [1.54, 1.807) is 0 Å². The maximum Gasteiger partial charge on any atom is 0.350 e. The average Bonchev–Trinajstić information content (AvgIpc) is 3.07. The lowest BCUT2D eigenvalue weighted by molar-refractivity contribution is 0.0603. The first-order valence-electron chi connectivity index (χ1n) is 7.92. The Kier molecular flexibility index (Phi) is 5.14. The zero-order chi connectivity index (χ0) is 17.8. The normalized spacial score (nSPS) is 10.5. The third-order valence-electron chi connectivity index (χ3n) is 3.80. The van der Waals surface area contributed by atoms with Gasteiger partial charge in [0.2, 0.25) is 0 Å². The Labute approximate surface area is 151 Å². The molecule has 0 amide bonds. The van der Waals surface area contributed by atoms with E-state index in [-0.39, 0.29) is 12.6 Å². The van der Waals surface area contributed by atoms with Crippen molar-refractivity contribution in [1.82, 2.24) is 4.98 Å². The lowest BCUT2D eigenvalue weighted by atomic mass is 10.1. The first-order valence-corrected chi connectivity index (χ1v) is 8.73. The van der Waals surface area contributed by atoms with Crippen molar-refractivity contribution in [3.63, 3.8) is 0 Å². The molecule has 25 heavy (non-hydrogen) atoms. The number of hydrogen-bond acceptors (Lipinski definition) is 5. The number of ether oxygens (including phenoxy) is 2. The molecule has 0 spiro atoms. The van der Waals surface area contributed by atoms with Crippen molar-refractivity contribution in [3.05, 3.63) is 70.2 Å². The van der Waals surface area contributed by atoms with Crippen LogP contribution in [0.15, 0.2) is 48.5 Å². The van der Waals surface area contributed by atoms with Gasteiger partial charge in [0.05, 0.1) is 7.11 Å². The molecule has 0 radical (unpaired) electrons. The number of hydrogen-bond donors (Lipinski definition) is 0. The maximum atomic E-state index is 12.1. The minimum atomic E-state index is -0.390. The molecule has 1 heterocycles. The van der Waals surface area contributed by atoms with Crippen molar-refractivity contribution in [2.24, 2.45) is 0 Å². The maximum absolute atomic E-state index is 12.1. The largest absolute Gasteiger partial charge is 0.487 e. The standard InChI is InChI=1S/C20H19NO3S/c1-13-9-10-14(2)17(11-13)24-12-16-18(20(22)23-3)25-19(21-16)15-7-5-4-6-8-15/h4-11H,12H2,1-3H3. The van der Waals surface area contributed by atoms with Crippen molar-refractivity contribution < 1.29 is 14.3 Å². The predicted octanol–water partition coefficient (Wildman–Crippen LogP) is 4.79. The van der Waals surface area contributed by atoms with E-state index in [1.165, 1.54) is 18.4 Å². The molecule has 0 aliphatic carbocycles. The van der Waals surface area contributed by atoms with E-state index < -0.39 is 0 Å². The molecular formula is C20H19NO3S. The molecule has 0 atom stereocenters. The van der Waals surface area contributed by atoms with Gasteiger partial charge in [-0.05, 0) is 31.0 Å². The minimum Gasteiger partial charge on any atom is -0.487 e. The Morgan fingerprint density at radius 2 is 1.88 bits per heavy atom. The van der Waals surface area contributed by atoms with Crippen LogP contribution in [0.1, 0.15) is 26.5 Å².